The van der Waals surface area contributed by atoms with Gasteiger partial charge in [0.25, 0.3) is 0 Å². The van der Waals surface area contributed by atoms with E-state index in [9.17, 15) is 56.3 Å². The summed E-state index contributed by atoms with van der Waals surface area (Å²) in [5.74, 6) is -10.2. The highest BCUT2D eigenvalue weighted by Gasteiger charge is 2.42. The minimum absolute atomic E-state index is 0.0175. The molecule has 0 unspecified atom stereocenters. The van der Waals surface area contributed by atoms with Gasteiger partial charge in [-0.1, -0.05) is 114 Å². The first-order valence-electron chi connectivity index (χ1n) is 33.3. The molecule has 5 rings (SSSR count). The Hall–Kier alpha value is -8.62. The van der Waals surface area contributed by atoms with E-state index in [1.54, 1.807) is 82.3 Å². The van der Waals surface area contributed by atoms with Crippen molar-refractivity contribution in [2.24, 2.45) is 17.8 Å². The van der Waals surface area contributed by atoms with Crippen LogP contribution in [0.5, 0.6) is 0 Å². The minimum Gasteiger partial charge on any atom is -0.345 e. The smallest absolute Gasteiger partial charge is 0.345 e. The summed E-state index contributed by atoms with van der Waals surface area (Å²) in [6.45, 7) is 10.8. The van der Waals surface area contributed by atoms with Crippen LogP contribution in [0.4, 0.5) is 13.2 Å². The number of nitrogens with one attached hydrogen (secondary N) is 5. The Balaban J connectivity index is 1.62. The van der Waals surface area contributed by atoms with Gasteiger partial charge >= 0.3 is 6.18 Å². The molecule has 98 heavy (non-hydrogen) atoms. The number of halogens is 4. The monoisotopic (exact) mass is 1390 g/mol. The number of benzene rings is 3. The molecule has 0 radical (unpaired) electrons. The normalized spacial score (nSPS) is 23.6. The summed E-state index contributed by atoms with van der Waals surface area (Å²) in [6.07, 6.45) is -4.12. The van der Waals surface area contributed by atoms with Crippen LogP contribution in [0.25, 0.3) is 0 Å². The number of rotatable bonds is 14. The molecule has 0 saturated carbocycles. The topological polar surface area (TPSA) is 288 Å². The number of amides is 12. The van der Waals surface area contributed by atoms with Gasteiger partial charge in [0.05, 0.1) is 31.6 Å². The van der Waals surface area contributed by atoms with Gasteiger partial charge in [-0.25, -0.2) is 0 Å². The number of likely N-dealkylation sites (N-methyl/N-ethyl adjacent to an activating group) is 6. The number of hydrogen-bond acceptors (Lipinski definition) is 12. The summed E-state index contributed by atoms with van der Waals surface area (Å²) >= 11 is 6.21. The van der Waals surface area contributed by atoms with Crippen molar-refractivity contribution < 1.29 is 70.7 Å². The Kier molecular flexibility index (Phi) is 30.1. The molecule has 0 aromatic heterocycles. The lowest BCUT2D eigenvalue weighted by Crippen LogP contribution is -2.61. The van der Waals surface area contributed by atoms with Gasteiger partial charge in [0.15, 0.2) is 0 Å². The van der Waals surface area contributed by atoms with Gasteiger partial charge in [0.1, 0.15) is 48.3 Å². The van der Waals surface area contributed by atoms with Crippen LogP contribution < -0.4 is 26.6 Å². The van der Waals surface area contributed by atoms with Crippen molar-refractivity contribution in [3.05, 3.63) is 106 Å². The van der Waals surface area contributed by atoms with Crippen molar-refractivity contribution in [2.75, 3.05) is 75.0 Å². The first-order chi connectivity index (χ1) is 46.0. The first kappa shape index (κ1) is 80.1. The van der Waals surface area contributed by atoms with E-state index in [1.807, 2.05) is 13.8 Å². The van der Waals surface area contributed by atoms with Crippen molar-refractivity contribution in [3.63, 3.8) is 0 Å². The maximum atomic E-state index is 15.4. The minimum atomic E-state index is -4.65. The van der Waals surface area contributed by atoms with E-state index in [-0.39, 0.29) is 50.4 Å². The Morgan fingerprint density at radius 2 is 1.12 bits per heavy atom. The van der Waals surface area contributed by atoms with E-state index < -0.39 is 163 Å². The second-order valence-electron chi connectivity index (χ2n) is 26.7. The Labute approximate surface area is 577 Å². The van der Waals surface area contributed by atoms with Crippen molar-refractivity contribution in [1.29, 1.82) is 0 Å². The van der Waals surface area contributed by atoms with E-state index in [0.29, 0.717) is 54.1 Å². The molecule has 2 aliphatic heterocycles. The van der Waals surface area contributed by atoms with Gasteiger partial charge in [-0.15, -0.1) is 0 Å². The van der Waals surface area contributed by atoms with E-state index in [1.165, 1.54) is 76.0 Å². The second kappa shape index (κ2) is 36.8. The predicted octanol–water partition coefficient (Wildman–Crippen LogP) is 4.24. The van der Waals surface area contributed by atoms with Gasteiger partial charge in [-0.3, -0.25) is 57.5 Å². The van der Waals surface area contributed by atoms with Crippen LogP contribution in [0, 0.1) is 17.8 Å². The summed E-state index contributed by atoms with van der Waals surface area (Å²) in [5, 5.41) is 13.9. The average Bonchev–Trinajstić information content (AvgIpc) is 0.958. The molecule has 3 aromatic rings. The lowest BCUT2D eigenvalue weighted by Gasteiger charge is -2.37. The Bertz CT molecular complexity index is 3280. The molecule has 0 aliphatic carbocycles. The highest BCUT2D eigenvalue weighted by atomic mass is 35.5. The number of carbonyl (C=O) groups is 12. The molecular weight excluding hydrogens is 1290 g/mol. The van der Waals surface area contributed by atoms with E-state index in [4.69, 9.17) is 11.6 Å². The Morgan fingerprint density at radius 3 is 1.69 bits per heavy atom. The van der Waals surface area contributed by atoms with Crippen molar-refractivity contribution in [1.82, 2.24) is 60.9 Å². The van der Waals surface area contributed by atoms with E-state index >= 15 is 14.4 Å². The number of aryl methyl sites for hydroxylation is 1. The lowest BCUT2D eigenvalue weighted by atomic mass is 9.97. The van der Waals surface area contributed by atoms with Crippen LogP contribution in [0.2, 0.25) is 5.02 Å². The predicted molar refractivity (Wildman–Crippen MR) is 362 cm³/mol. The molecular formula is C70H98ClF3N12O12. The van der Waals surface area contributed by atoms with E-state index in [0.717, 1.165) is 31.7 Å². The molecule has 3 aromatic carbocycles. The molecule has 9 atom stereocenters. The van der Waals surface area contributed by atoms with Gasteiger partial charge in [-0.2, -0.15) is 13.2 Å². The lowest BCUT2D eigenvalue weighted by molar-refractivity contribution is -0.150. The highest BCUT2D eigenvalue weighted by Crippen LogP contribution is 2.30. The summed E-state index contributed by atoms with van der Waals surface area (Å²) in [6, 6.07) is 8.41. The standard InChI is InChI=1S/C70H98ClF3N12O12/c1-14-44(6)61-65(94)75-39-59(89)80(8)41-60(90)83(11)55(37-48-24-29-50(71)30-25-48)68(97)81(9)40-57(87)76-51(31-26-46-22-27-49(28-23-46)70(72,73)74)63(92)77-52(34-42(2)3)66(95)85(13)56(36-47-20-16-15-17-21-47)69(98)84(12)54(35-43(4)5)64(93)78-53(67(96)86-32-18-19-33-86)38-58(88)82(10)45(7)62(91)79-61/h15-17,20-25,27-30,42-45,51-56,61H,14,18-19,26,31-41H2,1-13H3,(H,75,94)(H,76,87)(H,77,92)(H,78,93)(H,79,91)/t44-,45-,51-,52-,53-,54-,55-,56-,61-/m0/s1. The maximum Gasteiger partial charge on any atom is 0.416 e. The number of alkyl halides is 3. The van der Waals surface area contributed by atoms with Crippen LogP contribution in [0.3, 0.4) is 0 Å². The van der Waals surface area contributed by atoms with Gasteiger partial charge in [0.2, 0.25) is 70.9 Å². The number of hydrogen-bond donors (Lipinski definition) is 5. The Morgan fingerprint density at radius 1 is 0.561 bits per heavy atom. The maximum absolute atomic E-state index is 15.4. The molecule has 538 valence electrons. The molecule has 12 amide bonds. The zero-order valence-electron chi connectivity index (χ0n) is 58.5. The van der Waals surface area contributed by atoms with Crippen LogP contribution >= 0.6 is 11.6 Å². The molecule has 5 N–H and O–H groups in total. The molecule has 2 saturated heterocycles. The van der Waals surface area contributed by atoms with Crippen molar-refractivity contribution in [2.45, 2.75) is 167 Å². The van der Waals surface area contributed by atoms with Crippen LogP contribution in [0.15, 0.2) is 78.9 Å². The van der Waals surface area contributed by atoms with Gasteiger partial charge < -0.3 is 60.9 Å². The summed E-state index contributed by atoms with van der Waals surface area (Å²) in [4.78, 5) is 183. The molecule has 2 aliphatic rings. The summed E-state index contributed by atoms with van der Waals surface area (Å²) in [5.41, 5.74) is 0.585. The zero-order valence-corrected chi connectivity index (χ0v) is 59.3. The molecule has 24 nitrogen and oxygen atoms in total. The fraction of sp³-hybridized carbons (Fsp3) is 0.571. The molecule has 0 bridgehead atoms. The van der Waals surface area contributed by atoms with Crippen molar-refractivity contribution >= 4 is 82.5 Å². The fourth-order valence-corrected chi connectivity index (χ4v) is 11.8. The van der Waals surface area contributed by atoms with Crippen LogP contribution in [0.1, 0.15) is 116 Å². The quantitative estimate of drug-likeness (QED) is 0.152. The SMILES string of the molecule is CC[C@H](C)[C@@H]1NC(=O)[C@H](C)N(C)C(=O)C[C@@H](C(=O)N2CCCC2)NC(=O)[C@H](CC(C)C)N(C)C(=O)[C@H](Cc2ccccc2)N(C)C(=O)[C@H](CC(C)C)NC(=O)[C@H](CCc2ccc(C(F)(F)F)cc2)NC(=O)CN(C)C(=O)[C@H](Cc2ccc(Cl)cc2)N(C)C(=O)CN(C)C(=O)CNC1=O. The first-order valence-corrected chi connectivity index (χ1v) is 33.7. The van der Waals surface area contributed by atoms with Gasteiger partial charge in [-0.05, 0) is 104 Å². The van der Waals surface area contributed by atoms with Crippen molar-refractivity contribution in [3.8, 4) is 0 Å². The molecule has 2 heterocycles. The third kappa shape index (κ3) is 23.0. The fourth-order valence-electron chi connectivity index (χ4n) is 11.6. The van der Waals surface area contributed by atoms with E-state index in [2.05, 4.69) is 26.6 Å². The number of nitrogens with zero attached hydrogens (tertiary/aromatic N) is 7. The zero-order chi connectivity index (χ0) is 73.0. The third-order valence-electron chi connectivity index (χ3n) is 18.2. The largest absolute Gasteiger partial charge is 0.416 e. The van der Waals surface area contributed by atoms with Gasteiger partial charge in [0, 0.05) is 73.2 Å². The molecule has 28 heteroatoms. The molecule has 2 fully saturated rings. The highest BCUT2D eigenvalue weighted by molar-refractivity contribution is 6.30. The summed E-state index contributed by atoms with van der Waals surface area (Å²) < 4.78 is 41.0. The second-order valence-corrected chi connectivity index (χ2v) is 27.1. The number of carbonyl (C=O) groups excluding carboxylic acids is 12. The summed E-state index contributed by atoms with van der Waals surface area (Å²) in [7, 11) is 8.01. The molecule has 0 spiro atoms. The average molecular weight is 1390 g/mol. The van der Waals surface area contributed by atoms with Crippen LogP contribution in [-0.4, -0.2) is 229 Å². The third-order valence-corrected chi connectivity index (χ3v) is 18.4. The number of likely N-dealkylation sites (tertiary alicyclic amines) is 1. The van der Waals surface area contributed by atoms with Crippen LogP contribution in [-0.2, 0) is 83.0 Å².